The van der Waals surface area contributed by atoms with Crippen LogP contribution in [0.5, 0.6) is 0 Å². The number of amides is 1. The number of aliphatic hydroxyl groups excluding tert-OH is 1. The number of hydrogen-bond acceptors (Lipinski definition) is 4. The molecule has 0 spiro atoms. The molecule has 3 N–H and O–H groups in total. The highest BCUT2D eigenvalue weighted by atomic mass is 19.1. The molecule has 0 saturated carbocycles. The van der Waals surface area contributed by atoms with Crippen molar-refractivity contribution < 1.29 is 24.2 Å². The van der Waals surface area contributed by atoms with E-state index in [1.165, 1.54) is 11.0 Å². The number of nitrogens with zero attached hydrogens (tertiary/aromatic N) is 1. The molecule has 0 radical (unpaired) electrons. The largest absolute Gasteiger partial charge is 0.479 e. The zero-order valence-electron chi connectivity index (χ0n) is 15.4. The first-order valence-electron chi connectivity index (χ1n) is 8.86. The highest BCUT2D eigenvalue weighted by Crippen LogP contribution is 2.34. The third kappa shape index (κ3) is 4.04. The van der Waals surface area contributed by atoms with Gasteiger partial charge >= 0.3 is 5.97 Å². The van der Waals surface area contributed by atoms with Crippen molar-refractivity contribution in [1.82, 2.24) is 10.2 Å². The Hall–Kier alpha value is -1.99. The van der Waals surface area contributed by atoms with E-state index in [1.54, 1.807) is 25.1 Å². The summed E-state index contributed by atoms with van der Waals surface area (Å²) in [5.41, 5.74) is -0.595. The number of nitrogens with one attached hydrogen (secondary N) is 1. The van der Waals surface area contributed by atoms with Gasteiger partial charge in [0.2, 0.25) is 5.91 Å². The third-order valence-corrected chi connectivity index (χ3v) is 4.97. The number of aliphatic hydroxyl groups is 1. The molecular weight excluding hydrogens is 339 g/mol. The number of carbonyl (C=O) groups excluding carboxylic acids is 1. The molecule has 144 valence electrons. The summed E-state index contributed by atoms with van der Waals surface area (Å²) in [7, 11) is 0. The molecule has 0 bridgehead atoms. The summed E-state index contributed by atoms with van der Waals surface area (Å²) in [5, 5.41) is 22.5. The van der Waals surface area contributed by atoms with Crippen molar-refractivity contribution >= 4 is 11.9 Å². The molecule has 1 aliphatic heterocycles. The van der Waals surface area contributed by atoms with Gasteiger partial charge in [-0.3, -0.25) is 4.79 Å². The van der Waals surface area contributed by atoms with Gasteiger partial charge < -0.3 is 20.4 Å². The Labute approximate surface area is 153 Å². The summed E-state index contributed by atoms with van der Waals surface area (Å²) in [6, 6.07) is 6.27. The number of carboxylic acids is 1. The Morgan fingerprint density at radius 2 is 2.00 bits per heavy atom. The average molecular weight is 366 g/mol. The number of aliphatic carboxylic acids is 1. The maximum absolute atomic E-state index is 14.4. The Morgan fingerprint density at radius 1 is 1.35 bits per heavy atom. The second-order valence-electron chi connectivity index (χ2n) is 7.44. The highest BCUT2D eigenvalue weighted by Gasteiger charge is 2.45. The van der Waals surface area contributed by atoms with Gasteiger partial charge in [-0.15, -0.1) is 0 Å². The van der Waals surface area contributed by atoms with Gasteiger partial charge in [0, 0.05) is 25.2 Å². The molecule has 1 amide bonds. The normalized spacial score (nSPS) is 22.9. The minimum atomic E-state index is -1.79. The number of rotatable bonds is 6. The van der Waals surface area contributed by atoms with E-state index in [-0.39, 0.29) is 12.3 Å². The molecule has 6 nitrogen and oxygen atoms in total. The van der Waals surface area contributed by atoms with E-state index >= 15 is 0 Å². The van der Waals surface area contributed by atoms with Gasteiger partial charge in [-0.25, -0.2) is 9.18 Å². The van der Waals surface area contributed by atoms with Crippen LogP contribution in [0.25, 0.3) is 0 Å². The van der Waals surface area contributed by atoms with Crippen LogP contribution in [0.2, 0.25) is 0 Å². The Kier molecular flexibility index (Phi) is 6.36. The predicted molar refractivity (Wildman–Crippen MR) is 94.9 cm³/mol. The van der Waals surface area contributed by atoms with E-state index in [0.717, 1.165) is 0 Å². The molecule has 7 heteroatoms. The van der Waals surface area contributed by atoms with Crippen molar-refractivity contribution in [2.75, 3.05) is 19.6 Å². The first-order chi connectivity index (χ1) is 12.2. The monoisotopic (exact) mass is 366 g/mol. The average Bonchev–Trinajstić information content (AvgIpc) is 2.59. The molecule has 1 aromatic carbocycles. The smallest absolute Gasteiger partial charge is 0.333 e. The summed E-state index contributed by atoms with van der Waals surface area (Å²) in [5.74, 6) is -3.35. The lowest BCUT2D eigenvalue weighted by Crippen LogP contribution is -2.62. The number of carbonyl (C=O) groups is 2. The van der Waals surface area contributed by atoms with Gasteiger partial charge in [0.25, 0.3) is 0 Å². The number of hydrogen-bond donors (Lipinski definition) is 3. The number of halogens is 1. The van der Waals surface area contributed by atoms with Crippen molar-refractivity contribution in [3.63, 3.8) is 0 Å². The van der Waals surface area contributed by atoms with Crippen LogP contribution in [0.4, 0.5) is 4.39 Å². The minimum Gasteiger partial charge on any atom is -0.479 e. The van der Waals surface area contributed by atoms with Crippen LogP contribution in [0.1, 0.15) is 32.8 Å². The third-order valence-electron chi connectivity index (χ3n) is 4.97. The van der Waals surface area contributed by atoms with Gasteiger partial charge in [0.05, 0.1) is 11.5 Å². The van der Waals surface area contributed by atoms with Gasteiger partial charge in [-0.05, 0) is 25.3 Å². The molecule has 1 fully saturated rings. The maximum atomic E-state index is 14.4. The zero-order valence-corrected chi connectivity index (χ0v) is 15.4. The molecular formula is C19H27FN2O4. The molecule has 26 heavy (non-hydrogen) atoms. The Balaban J connectivity index is 2.42. The number of benzene rings is 1. The van der Waals surface area contributed by atoms with E-state index in [2.05, 4.69) is 5.32 Å². The van der Waals surface area contributed by atoms with Crippen LogP contribution in [0.15, 0.2) is 24.3 Å². The molecule has 1 saturated heterocycles. The van der Waals surface area contributed by atoms with E-state index < -0.39 is 35.3 Å². The van der Waals surface area contributed by atoms with Gasteiger partial charge in [0.1, 0.15) is 5.82 Å². The van der Waals surface area contributed by atoms with Crippen LogP contribution in [0.3, 0.4) is 0 Å². The second-order valence-corrected chi connectivity index (χ2v) is 7.44. The lowest BCUT2D eigenvalue weighted by atomic mass is 9.84. The summed E-state index contributed by atoms with van der Waals surface area (Å²) < 4.78 is 14.4. The standard InChI is InChI=1S/C19H27FN2O4/c1-12(2)10-13(16(23)18(25)26)17(24)22-9-8-21-11-19(22,3)14-6-4-5-7-15(14)20/h4-7,12-13,16,21,23H,8-11H2,1-3H3,(H,25,26)/t13-,16-,19-/m0/s1. The SMILES string of the molecule is CC(C)C[C@H](C(=O)N1CCNC[C@@]1(C)c1ccccc1F)[C@H](O)C(=O)O. The first kappa shape index (κ1) is 20.3. The quantitative estimate of drug-likeness (QED) is 0.711. The van der Waals surface area contributed by atoms with E-state index in [4.69, 9.17) is 0 Å². The van der Waals surface area contributed by atoms with Crippen molar-refractivity contribution in [2.24, 2.45) is 11.8 Å². The van der Waals surface area contributed by atoms with Crippen LogP contribution in [0, 0.1) is 17.7 Å². The fraction of sp³-hybridized carbons (Fsp3) is 0.579. The van der Waals surface area contributed by atoms with Crippen LogP contribution < -0.4 is 5.32 Å². The minimum absolute atomic E-state index is 0.0283. The summed E-state index contributed by atoms with van der Waals surface area (Å²) in [6.45, 7) is 6.66. The van der Waals surface area contributed by atoms with Crippen LogP contribution in [-0.2, 0) is 15.1 Å². The maximum Gasteiger partial charge on any atom is 0.333 e. The molecule has 1 heterocycles. The molecule has 0 aliphatic carbocycles. The first-order valence-corrected chi connectivity index (χ1v) is 8.86. The van der Waals surface area contributed by atoms with E-state index in [0.29, 0.717) is 25.2 Å². The molecule has 2 rings (SSSR count). The Morgan fingerprint density at radius 3 is 2.58 bits per heavy atom. The van der Waals surface area contributed by atoms with Crippen molar-refractivity contribution in [2.45, 2.75) is 38.8 Å². The second kappa shape index (κ2) is 8.14. The highest BCUT2D eigenvalue weighted by molar-refractivity contribution is 5.86. The summed E-state index contributed by atoms with van der Waals surface area (Å²) in [4.78, 5) is 26.0. The molecule has 0 unspecified atom stereocenters. The Bertz CT molecular complexity index is 667. The van der Waals surface area contributed by atoms with E-state index in [9.17, 15) is 24.2 Å². The van der Waals surface area contributed by atoms with Crippen LogP contribution in [-0.4, -0.2) is 52.7 Å². The molecule has 1 aliphatic rings. The molecule has 3 atom stereocenters. The van der Waals surface area contributed by atoms with Gasteiger partial charge in [0.15, 0.2) is 6.10 Å². The summed E-state index contributed by atoms with van der Waals surface area (Å²) in [6.07, 6.45) is -1.55. The topological polar surface area (TPSA) is 89.9 Å². The number of piperazine rings is 1. The lowest BCUT2D eigenvalue weighted by Gasteiger charge is -2.47. The molecule has 1 aromatic rings. The zero-order chi connectivity index (χ0) is 19.5. The summed E-state index contributed by atoms with van der Waals surface area (Å²) >= 11 is 0. The van der Waals surface area contributed by atoms with Crippen LogP contribution >= 0.6 is 0 Å². The lowest BCUT2D eigenvalue weighted by molar-refractivity contribution is -0.160. The fourth-order valence-electron chi connectivity index (χ4n) is 3.60. The van der Waals surface area contributed by atoms with Crippen molar-refractivity contribution in [1.29, 1.82) is 0 Å². The van der Waals surface area contributed by atoms with E-state index in [1.807, 2.05) is 13.8 Å². The number of carboxylic acid groups (broad SMARTS) is 1. The molecule has 0 aromatic heterocycles. The van der Waals surface area contributed by atoms with Gasteiger partial charge in [-0.2, -0.15) is 0 Å². The predicted octanol–water partition coefficient (Wildman–Crippen LogP) is 1.58. The fourth-order valence-corrected chi connectivity index (χ4v) is 3.60. The van der Waals surface area contributed by atoms with Gasteiger partial charge in [-0.1, -0.05) is 32.0 Å². The van der Waals surface area contributed by atoms with Crippen molar-refractivity contribution in [3.05, 3.63) is 35.6 Å². The van der Waals surface area contributed by atoms with Crippen molar-refractivity contribution in [3.8, 4) is 0 Å².